The van der Waals surface area contributed by atoms with E-state index in [9.17, 15) is 0 Å². The first-order valence-corrected chi connectivity index (χ1v) is 6.92. The van der Waals surface area contributed by atoms with Crippen molar-refractivity contribution in [3.05, 3.63) is 36.5 Å². The summed E-state index contributed by atoms with van der Waals surface area (Å²) in [4.78, 5) is 7.26. The summed E-state index contributed by atoms with van der Waals surface area (Å²) >= 11 is 5.07. The van der Waals surface area contributed by atoms with Crippen molar-refractivity contribution < 1.29 is 0 Å². The topological polar surface area (TPSA) is 42.1 Å². The fraction of sp³-hybridized carbons (Fsp3) is 0.333. The predicted octanol–water partition coefficient (Wildman–Crippen LogP) is 2.98. The summed E-state index contributed by atoms with van der Waals surface area (Å²) in [5.41, 5.74) is 7.93. The smallest absolute Gasteiger partial charge is 0.0773 e. The van der Waals surface area contributed by atoms with E-state index < -0.39 is 0 Å². The van der Waals surface area contributed by atoms with Gasteiger partial charge in [-0.1, -0.05) is 37.3 Å². The molecule has 0 bridgehead atoms. The molecule has 0 aliphatic rings. The Morgan fingerprint density at radius 2 is 2.11 bits per heavy atom. The number of pyridine rings is 1. The molecule has 0 fully saturated rings. The summed E-state index contributed by atoms with van der Waals surface area (Å²) in [6.07, 6.45) is 1.85. The second-order valence-electron chi connectivity index (χ2n) is 4.69. The van der Waals surface area contributed by atoms with Gasteiger partial charge in [-0.05, 0) is 19.1 Å². The third-order valence-electron chi connectivity index (χ3n) is 3.33. The monoisotopic (exact) mass is 273 g/mol. The molecule has 1 unspecified atom stereocenters. The minimum absolute atomic E-state index is 0.196. The van der Waals surface area contributed by atoms with E-state index in [-0.39, 0.29) is 5.92 Å². The number of rotatable bonds is 5. The van der Waals surface area contributed by atoms with Crippen molar-refractivity contribution in [3.63, 3.8) is 0 Å². The number of aromatic nitrogens is 1. The van der Waals surface area contributed by atoms with E-state index in [0.29, 0.717) is 4.99 Å². The number of nitrogens with two attached hydrogens (primary N) is 1. The first-order valence-electron chi connectivity index (χ1n) is 6.51. The summed E-state index contributed by atoms with van der Waals surface area (Å²) in [7, 11) is 0. The predicted molar refractivity (Wildman–Crippen MR) is 85.6 cm³/mol. The first kappa shape index (κ1) is 13.7. The highest BCUT2D eigenvalue weighted by atomic mass is 32.1. The van der Waals surface area contributed by atoms with Crippen molar-refractivity contribution in [1.82, 2.24) is 4.98 Å². The molecule has 4 heteroatoms. The third-order valence-corrected chi connectivity index (χ3v) is 3.73. The fourth-order valence-electron chi connectivity index (χ4n) is 2.17. The molecule has 1 aromatic heterocycles. The molecule has 1 aromatic carbocycles. The molecule has 0 amide bonds. The molecule has 0 saturated carbocycles. The maximum atomic E-state index is 5.72. The van der Waals surface area contributed by atoms with E-state index in [0.717, 1.165) is 18.6 Å². The van der Waals surface area contributed by atoms with Crippen LogP contribution < -0.4 is 10.6 Å². The molecule has 2 rings (SSSR count). The Morgan fingerprint density at radius 3 is 2.79 bits per heavy atom. The van der Waals surface area contributed by atoms with E-state index in [1.54, 1.807) is 0 Å². The Morgan fingerprint density at radius 1 is 1.37 bits per heavy atom. The van der Waals surface area contributed by atoms with Crippen molar-refractivity contribution >= 4 is 33.8 Å². The highest BCUT2D eigenvalue weighted by molar-refractivity contribution is 7.80. The number of hydrogen-bond acceptors (Lipinski definition) is 3. The summed E-state index contributed by atoms with van der Waals surface area (Å²) in [5.74, 6) is 0.196. The number of nitrogens with zero attached hydrogens (tertiary/aromatic N) is 2. The Labute approximate surface area is 119 Å². The van der Waals surface area contributed by atoms with Gasteiger partial charge >= 0.3 is 0 Å². The molecule has 2 N–H and O–H groups in total. The van der Waals surface area contributed by atoms with Crippen LogP contribution in [0.1, 0.15) is 13.8 Å². The normalized spacial score (nSPS) is 12.3. The summed E-state index contributed by atoms with van der Waals surface area (Å²) in [6, 6.07) is 10.2. The van der Waals surface area contributed by atoms with Crippen LogP contribution in [-0.2, 0) is 0 Å². The standard InChI is InChI=1S/C15H19N3S/c1-3-18(10-11(2)15(16)19)14-8-9-17-13-7-5-4-6-12(13)14/h4-9,11H,3,10H2,1-2H3,(H2,16,19). The van der Waals surface area contributed by atoms with Gasteiger partial charge in [0.1, 0.15) is 0 Å². The van der Waals surface area contributed by atoms with Crippen LogP contribution in [0.2, 0.25) is 0 Å². The lowest BCUT2D eigenvalue weighted by atomic mass is 10.1. The van der Waals surface area contributed by atoms with Gasteiger partial charge in [-0.25, -0.2) is 0 Å². The van der Waals surface area contributed by atoms with Crippen LogP contribution >= 0.6 is 12.2 Å². The van der Waals surface area contributed by atoms with Crippen LogP contribution in [0.25, 0.3) is 10.9 Å². The van der Waals surface area contributed by atoms with Gasteiger partial charge in [-0.15, -0.1) is 0 Å². The van der Waals surface area contributed by atoms with Crippen molar-refractivity contribution in [3.8, 4) is 0 Å². The number of hydrogen-bond donors (Lipinski definition) is 1. The lowest BCUT2D eigenvalue weighted by Crippen LogP contribution is -2.34. The molecule has 2 aromatic rings. The van der Waals surface area contributed by atoms with Gasteiger partial charge in [0.2, 0.25) is 0 Å². The molecule has 1 heterocycles. The molecule has 19 heavy (non-hydrogen) atoms. The highest BCUT2D eigenvalue weighted by Crippen LogP contribution is 2.25. The van der Waals surface area contributed by atoms with Crippen LogP contribution in [0, 0.1) is 5.92 Å². The molecule has 3 nitrogen and oxygen atoms in total. The molecule has 0 aliphatic heterocycles. The maximum Gasteiger partial charge on any atom is 0.0773 e. The zero-order chi connectivity index (χ0) is 13.8. The van der Waals surface area contributed by atoms with E-state index in [1.807, 2.05) is 24.4 Å². The lowest BCUT2D eigenvalue weighted by Gasteiger charge is -2.27. The second kappa shape index (κ2) is 5.97. The van der Waals surface area contributed by atoms with Gasteiger partial charge in [0.25, 0.3) is 0 Å². The van der Waals surface area contributed by atoms with Gasteiger partial charge < -0.3 is 10.6 Å². The van der Waals surface area contributed by atoms with Crippen LogP contribution in [0.3, 0.4) is 0 Å². The largest absolute Gasteiger partial charge is 0.393 e. The average Bonchev–Trinajstić information content (AvgIpc) is 2.44. The Kier molecular flexibility index (Phi) is 4.32. The summed E-state index contributed by atoms with van der Waals surface area (Å²) in [5, 5.41) is 1.17. The molecular weight excluding hydrogens is 254 g/mol. The van der Waals surface area contributed by atoms with Crippen LogP contribution in [0.15, 0.2) is 36.5 Å². The van der Waals surface area contributed by atoms with E-state index in [4.69, 9.17) is 18.0 Å². The molecule has 0 saturated heterocycles. The zero-order valence-electron chi connectivity index (χ0n) is 11.3. The number of para-hydroxylation sites is 1. The van der Waals surface area contributed by atoms with Crippen molar-refractivity contribution in [1.29, 1.82) is 0 Å². The number of benzene rings is 1. The molecule has 0 radical (unpaired) electrons. The molecule has 1 atom stereocenters. The number of fused-ring (bicyclic) bond motifs is 1. The Bertz CT molecular complexity index is 577. The Balaban J connectivity index is 2.38. The van der Waals surface area contributed by atoms with E-state index in [1.165, 1.54) is 11.1 Å². The Hall–Kier alpha value is -1.68. The minimum Gasteiger partial charge on any atom is -0.393 e. The molecule has 100 valence electrons. The zero-order valence-corrected chi connectivity index (χ0v) is 12.2. The third kappa shape index (κ3) is 3.01. The van der Waals surface area contributed by atoms with Crippen LogP contribution in [-0.4, -0.2) is 23.1 Å². The van der Waals surface area contributed by atoms with Crippen molar-refractivity contribution in [2.45, 2.75) is 13.8 Å². The van der Waals surface area contributed by atoms with Crippen molar-refractivity contribution in [2.24, 2.45) is 11.7 Å². The minimum atomic E-state index is 0.196. The van der Waals surface area contributed by atoms with Gasteiger partial charge in [-0.3, -0.25) is 4.98 Å². The van der Waals surface area contributed by atoms with Gasteiger partial charge in [0.05, 0.1) is 10.5 Å². The number of anilines is 1. The van der Waals surface area contributed by atoms with Crippen LogP contribution in [0.5, 0.6) is 0 Å². The molecule has 0 spiro atoms. The lowest BCUT2D eigenvalue weighted by molar-refractivity contribution is 0.709. The van der Waals surface area contributed by atoms with Crippen LogP contribution in [0.4, 0.5) is 5.69 Å². The first-order chi connectivity index (χ1) is 9.13. The highest BCUT2D eigenvalue weighted by Gasteiger charge is 2.13. The fourth-order valence-corrected chi connectivity index (χ4v) is 2.25. The maximum absolute atomic E-state index is 5.72. The van der Waals surface area contributed by atoms with Gasteiger partial charge in [-0.2, -0.15) is 0 Å². The van der Waals surface area contributed by atoms with Crippen molar-refractivity contribution in [2.75, 3.05) is 18.0 Å². The van der Waals surface area contributed by atoms with E-state index >= 15 is 0 Å². The quantitative estimate of drug-likeness (QED) is 0.850. The summed E-state index contributed by atoms with van der Waals surface area (Å²) in [6.45, 7) is 5.96. The molecule has 0 aliphatic carbocycles. The average molecular weight is 273 g/mol. The number of thiocarbonyl (C=S) groups is 1. The molecular formula is C15H19N3S. The van der Waals surface area contributed by atoms with E-state index in [2.05, 4.69) is 35.9 Å². The summed E-state index contributed by atoms with van der Waals surface area (Å²) < 4.78 is 0. The SMILES string of the molecule is CCN(CC(C)C(N)=S)c1ccnc2ccccc12. The second-order valence-corrected chi connectivity index (χ2v) is 5.16. The van der Waals surface area contributed by atoms with Gasteiger partial charge in [0, 0.05) is 36.3 Å². The van der Waals surface area contributed by atoms with Gasteiger partial charge in [0.15, 0.2) is 0 Å².